The maximum atomic E-state index is 7.09. The molecule has 0 atom stereocenters. The number of nitrogens with zero attached hydrogens (tertiary/aromatic N) is 4. The average molecular weight is 869 g/mol. The first-order chi connectivity index (χ1) is 33.7. The third kappa shape index (κ3) is 6.84. The van der Waals surface area contributed by atoms with Crippen molar-refractivity contribution in [2.24, 2.45) is 0 Å². The summed E-state index contributed by atoms with van der Waals surface area (Å²) in [6.07, 6.45) is 0. The lowest BCUT2D eigenvalue weighted by molar-refractivity contribution is 0.670. The fraction of sp³-hybridized carbons (Fsp3) is 0. The minimum absolute atomic E-state index is 0.569. The summed E-state index contributed by atoms with van der Waals surface area (Å²) in [4.78, 5) is 15.7. The zero-order chi connectivity index (χ0) is 45.0. The van der Waals surface area contributed by atoms with E-state index in [2.05, 4.69) is 211 Å². The lowest BCUT2D eigenvalue weighted by atomic mass is 9.90. The standard InChI is InChI=1S/C63H40N4O/c1-6-19-41(20-7-1)46-35-47(42-21-8-2-9-22-42)37-48(36-46)45-33-34-50(56(38-45)63-65-61(43-23-10-3-11-24-43)64-62(66-63)44-25-12-4-13-26-44)52-30-18-31-53-55-39-54-51-29-16-17-32-57(51)67(49-27-14-5-15-28-49)58(54)40-59(55)68-60(52)53/h1-40H. The summed E-state index contributed by atoms with van der Waals surface area (Å²) in [7, 11) is 0. The third-order valence-electron chi connectivity index (χ3n) is 13.0. The van der Waals surface area contributed by atoms with E-state index in [-0.39, 0.29) is 0 Å². The quantitative estimate of drug-likeness (QED) is 0.153. The van der Waals surface area contributed by atoms with Crippen LogP contribution in [0, 0.1) is 0 Å². The lowest BCUT2D eigenvalue weighted by Gasteiger charge is -2.16. The molecule has 0 spiro atoms. The second-order valence-corrected chi connectivity index (χ2v) is 17.2. The Balaban J connectivity index is 1.07. The van der Waals surface area contributed by atoms with Crippen LogP contribution in [-0.2, 0) is 0 Å². The summed E-state index contributed by atoms with van der Waals surface area (Å²) >= 11 is 0. The highest BCUT2D eigenvalue weighted by atomic mass is 16.3. The fourth-order valence-corrected chi connectivity index (χ4v) is 9.79. The van der Waals surface area contributed by atoms with E-state index >= 15 is 0 Å². The van der Waals surface area contributed by atoms with Crippen molar-refractivity contribution in [2.45, 2.75) is 0 Å². The number of aromatic nitrogens is 4. The summed E-state index contributed by atoms with van der Waals surface area (Å²) < 4.78 is 9.42. The Bertz CT molecular complexity index is 3880. The number of fused-ring (bicyclic) bond motifs is 6. The summed E-state index contributed by atoms with van der Waals surface area (Å²) in [5.74, 6) is 1.77. The van der Waals surface area contributed by atoms with Crippen molar-refractivity contribution in [3.05, 3.63) is 243 Å². The summed E-state index contributed by atoms with van der Waals surface area (Å²) in [6, 6.07) is 85.2. The number of hydrogen-bond donors (Lipinski definition) is 0. The summed E-state index contributed by atoms with van der Waals surface area (Å²) in [6.45, 7) is 0. The van der Waals surface area contributed by atoms with Gasteiger partial charge in [-0.1, -0.05) is 188 Å². The van der Waals surface area contributed by atoms with Crippen LogP contribution in [0.5, 0.6) is 0 Å². The van der Waals surface area contributed by atoms with E-state index in [9.17, 15) is 0 Å². The molecule has 0 aliphatic carbocycles. The van der Waals surface area contributed by atoms with Gasteiger partial charge in [-0.15, -0.1) is 0 Å². The van der Waals surface area contributed by atoms with Crippen molar-refractivity contribution in [1.82, 2.24) is 19.5 Å². The monoisotopic (exact) mass is 868 g/mol. The molecular formula is C63H40N4O. The van der Waals surface area contributed by atoms with Gasteiger partial charge in [-0.3, -0.25) is 0 Å². The molecule has 13 rings (SSSR count). The van der Waals surface area contributed by atoms with Crippen molar-refractivity contribution >= 4 is 43.7 Å². The van der Waals surface area contributed by atoms with Gasteiger partial charge in [-0.25, -0.2) is 15.0 Å². The number of hydrogen-bond acceptors (Lipinski definition) is 4. The molecule has 0 unspecified atom stereocenters. The van der Waals surface area contributed by atoms with Crippen LogP contribution in [0.15, 0.2) is 247 Å². The summed E-state index contributed by atoms with van der Waals surface area (Å²) in [5, 5.41) is 4.48. The van der Waals surface area contributed by atoms with E-state index in [1.54, 1.807) is 0 Å². The zero-order valence-corrected chi connectivity index (χ0v) is 36.8. The number of furan rings is 1. The molecule has 0 N–H and O–H groups in total. The predicted octanol–water partition coefficient (Wildman–Crippen LogP) is 16.5. The van der Waals surface area contributed by atoms with Gasteiger partial charge in [-0.05, 0) is 87.5 Å². The van der Waals surface area contributed by atoms with Crippen molar-refractivity contribution in [3.8, 4) is 84.4 Å². The van der Waals surface area contributed by atoms with Crippen molar-refractivity contribution in [3.63, 3.8) is 0 Å². The van der Waals surface area contributed by atoms with Gasteiger partial charge in [-0.2, -0.15) is 0 Å². The predicted molar refractivity (Wildman–Crippen MR) is 279 cm³/mol. The van der Waals surface area contributed by atoms with Gasteiger partial charge in [0.1, 0.15) is 11.2 Å². The van der Waals surface area contributed by atoms with Crippen LogP contribution in [0.25, 0.3) is 128 Å². The molecule has 0 saturated carbocycles. The highest BCUT2D eigenvalue weighted by molar-refractivity contribution is 6.19. The number of benzene rings is 10. The molecule has 0 radical (unpaired) electrons. The van der Waals surface area contributed by atoms with Gasteiger partial charge < -0.3 is 8.98 Å². The van der Waals surface area contributed by atoms with Gasteiger partial charge in [0.05, 0.1) is 11.0 Å². The van der Waals surface area contributed by atoms with Crippen LogP contribution >= 0.6 is 0 Å². The minimum atomic E-state index is 0.569. The largest absolute Gasteiger partial charge is 0.455 e. The van der Waals surface area contributed by atoms with E-state index in [4.69, 9.17) is 19.4 Å². The van der Waals surface area contributed by atoms with Gasteiger partial charge in [0.25, 0.3) is 0 Å². The maximum Gasteiger partial charge on any atom is 0.164 e. The topological polar surface area (TPSA) is 56.7 Å². The number of para-hydroxylation sites is 3. The Morgan fingerprint density at radius 1 is 0.279 bits per heavy atom. The second kappa shape index (κ2) is 16.4. The Kier molecular flexibility index (Phi) is 9.43. The van der Waals surface area contributed by atoms with E-state index in [0.29, 0.717) is 17.5 Å². The Labute approximate surface area is 392 Å². The molecule has 68 heavy (non-hydrogen) atoms. The van der Waals surface area contributed by atoms with Crippen molar-refractivity contribution < 1.29 is 4.42 Å². The van der Waals surface area contributed by atoms with Crippen LogP contribution in [-0.4, -0.2) is 19.5 Å². The highest BCUT2D eigenvalue weighted by Crippen LogP contribution is 2.44. The zero-order valence-electron chi connectivity index (χ0n) is 36.8. The van der Waals surface area contributed by atoms with Crippen LogP contribution in [0.3, 0.4) is 0 Å². The molecule has 13 aromatic rings. The Hall–Kier alpha value is -9.19. The molecular weight excluding hydrogens is 829 g/mol. The van der Waals surface area contributed by atoms with Crippen LogP contribution in [0.4, 0.5) is 0 Å². The fourth-order valence-electron chi connectivity index (χ4n) is 9.79. The maximum absolute atomic E-state index is 7.09. The molecule has 3 aromatic heterocycles. The van der Waals surface area contributed by atoms with Crippen molar-refractivity contribution in [1.29, 1.82) is 0 Å². The molecule has 5 nitrogen and oxygen atoms in total. The van der Waals surface area contributed by atoms with E-state index in [1.807, 2.05) is 36.4 Å². The smallest absolute Gasteiger partial charge is 0.164 e. The SMILES string of the molecule is c1ccc(-c2cc(-c3ccccc3)cc(-c3ccc(-c4cccc5c4oc4cc6c(cc45)c4ccccc4n6-c4ccccc4)c(-c4nc(-c5ccccc5)nc(-c5ccccc5)n4)c3)c2)cc1. The number of rotatable bonds is 8. The molecule has 0 amide bonds. The highest BCUT2D eigenvalue weighted by Gasteiger charge is 2.22. The third-order valence-corrected chi connectivity index (χ3v) is 13.0. The van der Waals surface area contributed by atoms with E-state index in [1.165, 1.54) is 10.8 Å². The summed E-state index contributed by atoms with van der Waals surface area (Å²) in [5.41, 5.74) is 16.3. The Morgan fingerprint density at radius 3 is 1.41 bits per heavy atom. The molecule has 0 aliphatic heterocycles. The minimum Gasteiger partial charge on any atom is -0.455 e. The van der Waals surface area contributed by atoms with Crippen molar-refractivity contribution in [2.75, 3.05) is 0 Å². The normalized spacial score (nSPS) is 11.5. The first kappa shape index (κ1) is 39.2. The molecule has 0 bridgehead atoms. The van der Waals surface area contributed by atoms with Crippen LogP contribution in [0.2, 0.25) is 0 Å². The van der Waals surface area contributed by atoms with E-state index in [0.717, 1.165) is 99.9 Å². The first-order valence-electron chi connectivity index (χ1n) is 22.9. The van der Waals surface area contributed by atoms with Crippen LogP contribution < -0.4 is 0 Å². The molecule has 10 aromatic carbocycles. The molecule has 0 aliphatic rings. The molecule has 0 fully saturated rings. The molecule has 0 saturated heterocycles. The second-order valence-electron chi connectivity index (χ2n) is 17.2. The first-order valence-corrected chi connectivity index (χ1v) is 22.9. The van der Waals surface area contributed by atoms with Gasteiger partial charge >= 0.3 is 0 Å². The van der Waals surface area contributed by atoms with Gasteiger partial charge in [0.15, 0.2) is 17.5 Å². The van der Waals surface area contributed by atoms with E-state index < -0.39 is 0 Å². The molecule has 3 heterocycles. The average Bonchev–Trinajstić information content (AvgIpc) is 3.96. The van der Waals surface area contributed by atoms with Gasteiger partial charge in [0, 0.05) is 55.6 Å². The van der Waals surface area contributed by atoms with Gasteiger partial charge in [0.2, 0.25) is 0 Å². The lowest BCUT2D eigenvalue weighted by Crippen LogP contribution is -2.01. The molecule has 318 valence electrons. The Morgan fingerprint density at radius 2 is 0.794 bits per heavy atom. The molecule has 5 heteroatoms. The van der Waals surface area contributed by atoms with Crippen LogP contribution in [0.1, 0.15) is 0 Å².